The minimum absolute atomic E-state index is 0.627. The van der Waals surface area contributed by atoms with Crippen LogP contribution in [0.15, 0.2) is 61.2 Å². The summed E-state index contributed by atoms with van der Waals surface area (Å²) in [4.78, 5) is 26.0. The molecule has 0 aliphatic carbocycles. The van der Waals surface area contributed by atoms with E-state index < -0.39 is 0 Å². The van der Waals surface area contributed by atoms with Crippen LogP contribution in [-0.4, -0.2) is 38.0 Å². The van der Waals surface area contributed by atoms with E-state index in [0.29, 0.717) is 5.82 Å². The standard InChI is InChI=1S/C20H16N6S/c1-6-15(24-16(7-1)18-22-9-3-10-23-18)17-19(26-11-4-12-26)25-20(27-17)14-5-2-8-21-13-14/h1-3,5-10,13H,4,11-12H2. The predicted octanol–water partition coefficient (Wildman–Crippen LogP) is 3.93. The van der Waals surface area contributed by atoms with Gasteiger partial charge in [0.2, 0.25) is 0 Å². The highest BCUT2D eigenvalue weighted by Gasteiger charge is 2.24. The number of nitrogens with zero attached hydrogens (tertiary/aromatic N) is 6. The van der Waals surface area contributed by atoms with Gasteiger partial charge in [-0.25, -0.2) is 19.9 Å². The average molecular weight is 372 g/mol. The Labute approximate surface area is 160 Å². The van der Waals surface area contributed by atoms with Crippen LogP contribution in [0.3, 0.4) is 0 Å². The first kappa shape index (κ1) is 16.0. The molecule has 1 fully saturated rings. The van der Waals surface area contributed by atoms with Crippen LogP contribution in [-0.2, 0) is 0 Å². The summed E-state index contributed by atoms with van der Waals surface area (Å²) < 4.78 is 0. The molecule has 0 spiro atoms. The Morgan fingerprint density at radius 2 is 1.70 bits per heavy atom. The van der Waals surface area contributed by atoms with Crippen molar-refractivity contribution in [3.63, 3.8) is 0 Å². The first-order chi connectivity index (χ1) is 13.4. The molecule has 27 heavy (non-hydrogen) atoms. The lowest BCUT2D eigenvalue weighted by atomic mass is 10.2. The van der Waals surface area contributed by atoms with E-state index in [1.54, 1.807) is 36.0 Å². The molecule has 0 aromatic carbocycles. The Kier molecular flexibility index (Phi) is 4.06. The average Bonchev–Trinajstić information content (AvgIpc) is 3.13. The van der Waals surface area contributed by atoms with Gasteiger partial charge in [0.25, 0.3) is 0 Å². The van der Waals surface area contributed by atoms with Crippen molar-refractivity contribution in [2.75, 3.05) is 18.0 Å². The number of hydrogen-bond donors (Lipinski definition) is 0. The third kappa shape index (κ3) is 3.06. The van der Waals surface area contributed by atoms with E-state index >= 15 is 0 Å². The molecule has 6 nitrogen and oxygen atoms in total. The first-order valence-electron chi connectivity index (χ1n) is 8.79. The maximum Gasteiger partial charge on any atom is 0.178 e. The molecule has 4 aromatic rings. The summed E-state index contributed by atoms with van der Waals surface area (Å²) in [5, 5.41) is 0.961. The molecule has 0 atom stereocenters. The van der Waals surface area contributed by atoms with Crippen LogP contribution < -0.4 is 4.90 Å². The lowest BCUT2D eigenvalue weighted by Crippen LogP contribution is -2.37. The Morgan fingerprint density at radius 3 is 2.44 bits per heavy atom. The number of aromatic nitrogens is 5. The second-order valence-electron chi connectivity index (χ2n) is 6.23. The predicted molar refractivity (Wildman–Crippen MR) is 106 cm³/mol. The maximum absolute atomic E-state index is 4.91. The third-order valence-corrected chi connectivity index (χ3v) is 5.57. The molecule has 0 bridgehead atoms. The zero-order chi connectivity index (χ0) is 18.1. The fraction of sp³-hybridized carbons (Fsp3) is 0.150. The summed E-state index contributed by atoms with van der Waals surface area (Å²) in [5.41, 5.74) is 2.69. The van der Waals surface area contributed by atoms with Crippen molar-refractivity contribution >= 4 is 17.2 Å². The van der Waals surface area contributed by atoms with E-state index in [2.05, 4.69) is 19.9 Å². The molecule has 1 aliphatic rings. The van der Waals surface area contributed by atoms with Gasteiger partial charge in [0, 0.05) is 43.4 Å². The van der Waals surface area contributed by atoms with Crippen LogP contribution in [0.1, 0.15) is 6.42 Å². The summed E-state index contributed by atoms with van der Waals surface area (Å²) in [7, 11) is 0. The van der Waals surface area contributed by atoms with Crippen molar-refractivity contribution in [2.24, 2.45) is 0 Å². The normalized spacial score (nSPS) is 13.4. The van der Waals surface area contributed by atoms with E-state index in [1.807, 2.05) is 36.5 Å². The van der Waals surface area contributed by atoms with E-state index in [4.69, 9.17) is 9.97 Å². The van der Waals surface area contributed by atoms with Crippen molar-refractivity contribution in [3.8, 4) is 32.7 Å². The Bertz CT molecular complexity index is 1060. The van der Waals surface area contributed by atoms with Crippen molar-refractivity contribution in [1.29, 1.82) is 0 Å². The summed E-state index contributed by atoms with van der Waals surface area (Å²) in [6.45, 7) is 2.06. The Balaban J connectivity index is 1.61. The molecule has 0 unspecified atom stereocenters. The quantitative estimate of drug-likeness (QED) is 0.541. The van der Waals surface area contributed by atoms with E-state index in [9.17, 15) is 0 Å². The van der Waals surface area contributed by atoms with Crippen molar-refractivity contribution < 1.29 is 0 Å². The summed E-state index contributed by atoms with van der Waals surface area (Å²) >= 11 is 1.65. The van der Waals surface area contributed by atoms with Gasteiger partial charge in [-0.2, -0.15) is 0 Å². The number of hydrogen-bond acceptors (Lipinski definition) is 7. The summed E-state index contributed by atoms with van der Waals surface area (Å²) in [6.07, 6.45) is 8.29. The number of anilines is 1. The first-order valence-corrected chi connectivity index (χ1v) is 9.61. The molecule has 0 saturated carbocycles. The fourth-order valence-corrected chi connectivity index (χ4v) is 4.00. The SMILES string of the molecule is c1cnc(-c2cccc(-c3sc(-c4cccnc4)nc3N3CCC3)n2)nc1. The number of pyridine rings is 2. The van der Waals surface area contributed by atoms with E-state index in [1.165, 1.54) is 6.42 Å². The third-order valence-electron chi connectivity index (χ3n) is 4.45. The van der Waals surface area contributed by atoms with Crippen LogP contribution in [0.25, 0.3) is 32.7 Å². The van der Waals surface area contributed by atoms with Crippen LogP contribution in [0.5, 0.6) is 0 Å². The smallest absolute Gasteiger partial charge is 0.178 e. The van der Waals surface area contributed by atoms with Crippen molar-refractivity contribution in [2.45, 2.75) is 6.42 Å². The van der Waals surface area contributed by atoms with Gasteiger partial charge in [0.05, 0.1) is 10.6 Å². The highest BCUT2D eigenvalue weighted by Crippen LogP contribution is 2.41. The van der Waals surface area contributed by atoms with Gasteiger partial charge in [-0.05, 0) is 36.8 Å². The minimum atomic E-state index is 0.627. The highest BCUT2D eigenvalue weighted by molar-refractivity contribution is 7.19. The second kappa shape index (κ2) is 6.85. The molecule has 132 valence electrons. The number of rotatable bonds is 4. The minimum Gasteiger partial charge on any atom is -0.355 e. The lowest BCUT2D eigenvalue weighted by Gasteiger charge is -2.31. The maximum atomic E-state index is 4.91. The molecule has 5 heterocycles. The summed E-state index contributed by atoms with van der Waals surface area (Å²) in [6, 6.07) is 11.7. The highest BCUT2D eigenvalue weighted by atomic mass is 32.1. The van der Waals surface area contributed by atoms with Gasteiger partial charge < -0.3 is 4.90 Å². The van der Waals surface area contributed by atoms with Gasteiger partial charge in [0.1, 0.15) is 16.5 Å². The van der Waals surface area contributed by atoms with Crippen molar-refractivity contribution in [1.82, 2.24) is 24.9 Å². The molecule has 4 aromatic heterocycles. The van der Waals surface area contributed by atoms with Crippen LogP contribution in [0.2, 0.25) is 0 Å². The summed E-state index contributed by atoms with van der Waals surface area (Å²) in [5.74, 6) is 1.63. The molecule has 5 rings (SSSR count). The van der Waals surface area contributed by atoms with E-state index in [0.717, 1.165) is 45.7 Å². The van der Waals surface area contributed by atoms with E-state index in [-0.39, 0.29) is 0 Å². The molecular weight excluding hydrogens is 356 g/mol. The molecule has 1 saturated heterocycles. The number of thiazole rings is 1. The fourth-order valence-electron chi connectivity index (χ4n) is 2.95. The molecule has 0 radical (unpaired) electrons. The topological polar surface area (TPSA) is 67.7 Å². The largest absolute Gasteiger partial charge is 0.355 e. The Hall–Kier alpha value is -3.19. The van der Waals surface area contributed by atoms with Gasteiger partial charge in [0.15, 0.2) is 5.82 Å². The van der Waals surface area contributed by atoms with Crippen LogP contribution in [0.4, 0.5) is 5.82 Å². The zero-order valence-electron chi connectivity index (χ0n) is 14.5. The molecule has 7 heteroatoms. The van der Waals surface area contributed by atoms with Crippen molar-refractivity contribution in [3.05, 3.63) is 61.2 Å². The van der Waals surface area contributed by atoms with Gasteiger partial charge in [-0.1, -0.05) is 6.07 Å². The molecule has 1 aliphatic heterocycles. The lowest BCUT2D eigenvalue weighted by molar-refractivity contribution is 0.612. The van der Waals surface area contributed by atoms with Gasteiger partial charge >= 0.3 is 0 Å². The Morgan fingerprint density at radius 1 is 0.852 bits per heavy atom. The molecule has 0 amide bonds. The van der Waals surface area contributed by atoms with Crippen LogP contribution in [0, 0.1) is 0 Å². The monoisotopic (exact) mass is 372 g/mol. The molecular formula is C20H16N6S. The zero-order valence-corrected chi connectivity index (χ0v) is 15.3. The second-order valence-corrected chi connectivity index (χ2v) is 7.23. The van der Waals surface area contributed by atoms with Gasteiger partial charge in [-0.3, -0.25) is 4.98 Å². The van der Waals surface area contributed by atoms with Gasteiger partial charge in [-0.15, -0.1) is 11.3 Å². The molecule has 0 N–H and O–H groups in total. The van der Waals surface area contributed by atoms with Crippen LogP contribution >= 0.6 is 11.3 Å².